The summed E-state index contributed by atoms with van der Waals surface area (Å²) in [5.74, 6) is 1.47. The average molecular weight is 274 g/mol. The lowest BCUT2D eigenvalue weighted by Crippen LogP contribution is -2.13. The Morgan fingerprint density at radius 1 is 1.35 bits per heavy atom. The Balaban J connectivity index is 2.03. The molecule has 6 heteroatoms. The summed E-state index contributed by atoms with van der Waals surface area (Å²) in [5.41, 5.74) is 0.675. The molecule has 1 aromatic heterocycles. The normalized spacial score (nSPS) is 10.6. The first kappa shape index (κ1) is 14.0. The Bertz CT molecular complexity index is 575. The van der Waals surface area contributed by atoms with E-state index in [0.29, 0.717) is 18.1 Å². The number of amides is 1. The number of ether oxygens (including phenoxy) is 1. The van der Waals surface area contributed by atoms with Crippen molar-refractivity contribution in [2.45, 2.75) is 26.7 Å². The summed E-state index contributed by atoms with van der Waals surface area (Å²) >= 11 is 0. The second-order valence-corrected chi connectivity index (χ2v) is 4.61. The van der Waals surface area contributed by atoms with Crippen LogP contribution in [0, 0.1) is 0 Å². The zero-order valence-corrected chi connectivity index (χ0v) is 11.8. The van der Waals surface area contributed by atoms with E-state index >= 15 is 0 Å². The quantitative estimate of drug-likeness (QED) is 0.878. The van der Waals surface area contributed by atoms with Crippen LogP contribution < -0.4 is 10.1 Å². The van der Waals surface area contributed by atoms with Crippen LogP contribution in [-0.4, -0.2) is 27.7 Å². The zero-order valence-electron chi connectivity index (χ0n) is 11.8. The van der Waals surface area contributed by atoms with Gasteiger partial charge in [-0.05, 0) is 31.2 Å². The number of hydrogen-bond donors (Lipinski definition) is 2. The number of anilines is 1. The molecule has 0 spiro atoms. The first-order valence-electron chi connectivity index (χ1n) is 6.56. The number of carbonyl (C=O) groups excluding carboxylic acids is 1. The lowest BCUT2D eigenvalue weighted by Gasteiger charge is -2.05. The van der Waals surface area contributed by atoms with Gasteiger partial charge in [0.05, 0.1) is 6.61 Å². The Morgan fingerprint density at radius 3 is 2.60 bits per heavy atom. The molecule has 0 aliphatic heterocycles. The maximum Gasteiger partial charge on any atom is 0.295 e. The number of aromatic nitrogens is 3. The number of nitrogens with one attached hydrogen (secondary N) is 2. The molecule has 0 radical (unpaired) electrons. The van der Waals surface area contributed by atoms with Crippen molar-refractivity contribution in [1.82, 2.24) is 15.2 Å². The molecule has 0 bridgehead atoms. The highest BCUT2D eigenvalue weighted by atomic mass is 16.5. The molecular formula is C14H18N4O2. The molecule has 1 heterocycles. The van der Waals surface area contributed by atoms with E-state index in [4.69, 9.17) is 4.74 Å². The molecule has 0 saturated carbocycles. The molecule has 1 amide bonds. The van der Waals surface area contributed by atoms with Gasteiger partial charge in [-0.25, -0.2) is 4.98 Å². The van der Waals surface area contributed by atoms with Gasteiger partial charge in [0.15, 0.2) is 0 Å². The topological polar surface area (TPSA) is 79.9 Å². The maximum absolute atomic E-state index is 12.0. The van der Waals surface area contributed by atoms with E-state index in [1.165, 1.54) is 0 Å². The van der Waals surface area contributed by atoms with Crippen molar-refractivity contribution in [3.8, 4) is 5.75 Å². The van der Waals surface area contributed by atoms with Gasteiger partial charge in [0.25, 0.3) is 5.91 Å². The van der Waals surface area contributed by atoms with E-state index in [9.17, 15) is 4.79 Å². The molecule has 106 valence electrons. The fourth-order valence-electron chi connectivity index (χ4n) is 1.62. The number of H-pyrrole nitrogens is 1. The molecule has 2 aromatic rings. The van der Waals surface area contributed by atoms with Crippen LogP contribution in [0.4, 0.5) is 5.69 Å². The maximum atomic E-state index is 12.0. The third-order valence-electron chi connectivity index (χ3n) is 2.68. The lowest BCUT2D eigenvalue weighted by molar-refractivity contribution is 0.101. The Labute approximate surface area is 117 Å². The third kappa shape index (κ3) is 3.34. The van der Waals surface area contributed by atoms with Gasteiger partial charge in [-0.2, -0.15) is 0 Å². The van der Waals surface area contributed by atoms with Gasteiger partial charge in [0.1, 0.15) is 11.6 Å². The van der Waals surface area contributed by atoms with Gasteiger partial charge >= 0.3 is 0 Å². The lowest BCUT2D eigenvalue weighted by atomic mass is 10.2. The SMILES string of the molecule is CCOc1ccc(NC(=O)c2n[nH]c(C(C)C)n2)cc1. The van der Waals surface area contributed by atoms with Crippen LogP contribution in [0.25, 0.3) is 0 Å². The average Bonchev–Trinajstić information content (AvgIpc) is 2.91. The van der Waals surface area contributed by atoms with Crippen molar-refractivity contribution in [3.63, 3.8) is 0 Å². The number of benzene rings is 1. The van der Waals surface area contributed by atoms with E-state index in [1.807, 2.05) is 20.8 Å². The van der Waals surface area contributed by atoms with Gasteiger partial charge < -0.3 is 10.1 Å². The molecule has 0 aliphatic rings. The summed E-state index contributed by atoms with van der Waals surface area (Å²) in [7, 11) is 0. The summed E-state index contributed by atoms with van der Waals surface area (Å²) in [4.78, 5) is 16.1. The van der Waals surface area contributed by atoms with Crippen molar-refractivity contribution in [2.75, 3.05) is 11.9 Å². The summed E-state index contributed by atoms with van der Waals surface area (Å²) in [6, 6.07) is 7.16. The molecule has 0 fully saturated rings. The first-order valence-corrected chi connectivity index (χ1v) is 6.56. The predicted octanol–water partition coefficient (Wildman–Crippen LogP) is 2.58. The molecule has 1 aromatic carbocycles. The van der Waals surface area contributed by atoms with Gasteiger partial charge in [-0.15, -0.1) is 5.10 Å². The smallest absolute Gasteiger partial charge is 0.295 e. The fourth-order valence-corrected chi connectivity index (χ4v) is 1.62. The van der Waals surface area contributed by atoms with E-state index in [1.54, 1.807) is 24.3 Å². The van der Waals surface area contributed by atoms with E-state index in [0.717, 1.165) is 5.75 Å². The van der Waals surface area contributed by atoms with Crippen molar-refractivity contribution >= 4 is 11.6 Å². The minimum atomic E-state index is -0.336. The summed E-state index contributed by atoms with van der Waals surface area (Å²) < 4.78 is 5.34. The van der Waals surface area contributed by atoms with Crippen LogP contribution in [0.1, 0.15) is 43.1 Å². The van der Waals surface area contributed by atoms with Crippen LogP contribution >= 0.6 is 0 Å². The molecule has 0 saturated heterocycles. The van der Waals surface area contributed by atoms with E-state index < -0.39 is 0 Å². The standard InChI is InChI=1S/C14H18N4O2/c1-4-20-11-7-5-10(6-8-11)15-14(19)13-16-12(9(2)3)17-18-13/h5-9H,4H2,1-3H3,(H,15,19)(H,16,17,18). The van der Waals surface area contributed by atoms with Crippen molar-refractivity contribution in [2.24, 2.45) is 0 Å². The largest absolute Gasteiger partial charge is 0.494 e. The van der Waals surface area contributed by atoms with Crippen molar-refractivity contribution in [3.05, 3.63) is 35.9 Å². The van der Waals surface area contributed by atoms with E-state index in [-0.39, 0.29) is 17.6 Å². The number of carbonyl (C=O) groups is 1. The molecule has 0 aliphatic carbocycles. The number of nitrogens with zero attached hydrogens (tertiary/aromatic N) is 2. The number of rotatable bonds is 5. The van der Waals surface area contributed by atoms with E-state index in [2.05, 4.69) is 20.5 Å². The Kier molecular flexibility index (Phi) is 4.34. The van der Waals surface area contributed by atoms with Crippen LogP contribution in [0.15, 0.2) is 24.3 Å². The number of hydrogen-bond acceptors (Lipinski definition) is 4. The molecular weight excluding hydrogens is 256 g/mol. The van der Waals surface area contributed by atoms with Gasteiger partial charge in [-0.3, -0.25) is 9.89 Å². The predicted molar refractivity (Wildman–Crippen MR) is 76.0 cm³/mol. The van der Waals surface area contributed by atoms with Crippen molar-refractivity contribution < 1.29 is 9.53 Å². The second-order valence-electron chi connectivity index (χ2n) is 4.61. The Morgan fingerprint density at radius 2 is 2.05 bits per heavy atom. The first-order chi connectivity index (χ1) is 9.60. The van der Waals surface area contributed by atoms with Crippen LogP contribution in [0.3, 0.4) is 0 Å². The zero-order chi connectivity index (χ0) is 14.5. The summed E-state index contributed by atoms with van der Waals surface area (Å²) in [6.07, 6.45) is 0. The van der Waals surface area contributed by atoms with Gasteiger partial charge in [-0.1, -0.05) is 13.8 Å². The summed E-state index contributed by atoms with van der Waals surface area (Å²) in [5, 5.41) is 9.40. The fraction of sp³-hybridized carbons (Fsp3) is 0.357. The summed E-state index contributed by atoms with van der Waals surface area (Å²) in [6.45, 7) is 6.50. The van der Waals surface area contributed by atoms with Crippen LogP contribution in [0.2, 0.25) is 0 Å². The number of aromatic amines is 1. The molecule has 0 atom stereocenters. The monoisotopic (exact) mass is 274 g/mol. The van der Waals surface area contributed by atoms with Crippen LogP contribution in [0.5, 0.6) is 5.75 Å². The minimum absolute atomic E-state index is 0.141. The second kappa shape index (κ2) is 6.18. The molecule has 6 nitrogen and oxygen atoms in total. The highest BCUT2D eigenvalue weighted by Crippen LogP contribution is 2.16. The molecule has 2 rings (SSSR count). The van der Waals surface area contributed by atoms with Crippen molar-refractivity contribution in [1.29, 1.82) is 0 Å². The van der Waals surface area contributed by atoms with Crippen LogP contribution in [-0.2, 0) is 0 Å². The highest BCUT2D eigenvalue weighted by Gasteiger charge is 2.14. The Hall–Kier alpha value is -2.37. The highest BCUT2D eigenvalue weighted by molar-refractivity contribution is 6.01. The van der Waals surface area contributed by atoms with Gasteiger partial charge in [0.2, 0.25) is 5.82 Å². The third-order valence-corrected chi connectivity index (χ3v) is 2.68. The molecule has 20 heavy (non-hydrogen) atoms. The molecule has 2 N–H and O–H groups in total. The molecule has 0 unspecified atom stereocenters. The van der Waals surface area contributed by atoms with Gasteiger partial charge in [0, 0.05) is 11.6 Å². The minimum Gasteiger partial charge on any atom is -0.494 e.